The highest BCUT2D eigenvalue weighted by atomic mass is 35.5. The topological polar surface area (TPSA) is 53.7 Å². The van der Waals surface area contributed by atoms with Gasteiger partial charge in [-0.1, -0.05) is 11.6 Å². The van der Waals surface area contributed by atoms with Crippen LogP contribution in [0.3, 0.4) is 0 Å². The van der Waals surface area contributed by atoms with Crippen LogP contribution in [0, 0.1) is 6.92 Å². The number of aromatic nitrogens is 2. The third-order valence-corrected chi connectivity index (χ3v) is 6.35. The first kappa shape index (κ1) is 21.2. The second kappa shape index (κ2) is 9.37. The van der Waals surface area contributed by atoms with Gasteiger partial charge in [-0.15, -0.1) is 0 Å². The van der Waals surface area contributed by atoms with E-state index in [0.29, 0.717) is 18.2 Å². The standard InChI is InChI=1S/C22H30ClN5O2/c1-18-15-27(22(30)28(18)20-7-5-19(23)6-8-20)17-25-13-11-24(12-14-25)16-21(29)26-9-3-2-4-10-26/h5-8,15H,2-4,9-14,16-17H2,1H3. The normalized spacial score (nSPS) is 18.7. The summed E-state index contributed by atoms with van der Waals surface area (Å²) in [5, 5.41) is 0.653. The number of amides is 1. The summed E-state index contributed by atoms with van der Waals surface area (Å²) in [6.07, 6.45) is 5.40. The lowest BCUT2D eigenvalue weighted by atomic mass is 10.1. The Hall–Kier alpha value is -2.09. The maximum Gasteiger partial charge on any atom is 0.334 e. The van der Waals surface area contributed by atoms with Crippen LogP contribution in [-0.2, 0) is 11.5 Å². The summed E-state index contributed by atoms with van der Waals surface area (Å²) in [4.78, 5) is 32.0. The van der Waals surface area contributed by atoms with Gasteiger partial charge in [0.05, 0.1) is 18.9 Å². The summed E-state index contributed by atoms with van der Waals surface area (Å²) in [6.45, 7) is 8.24. The maximum atomic E-state index is 12.9. The Morgan fingerprint density at radius 2 is 1.57 bits per heavy atom. The molecule has 0 radical (unpaired) electrons. The number of carbonyl (C=O) groups is 1. The first-order valence-corrected chi connectivity index (χ1v) is 11.2. The first-order chi connectivity index (χ1) is 14.5. The van der Waals surface area contributed by atoms with Gasteiger partial charge in [-0.25, -0.2) is 4.79 Å². The van der Waals surface area contributed by atoms with Gasteiger partial charge in [0.2, 0.25) is 5.91 Å². The van der Waals surface area contributed by atoms with Crippen molar-refractivity contribution in [3.63, 3.8) is 0 Å². The highest BCUT2D eigenvalue weighted by Gasteiger charge is 2.23. The van der Waals surface area contributed by atoms with Crippen LogP contribution in [0.5, 0.6) is 0 Å². The van der Waals surface area contributed by atoms with Gasteiger partial charge in [-0.2, -0.15) is 0 Å². The number of aryl methyl sites for hydroxylation is 1. The average molecular weight is 432 g/mol. The van der Waals surface area contributed by atoms with Crippen molar-refractivity contribution in [1.29, 1.82) is 0 Å². The summed E-state index contributed by atoms with van der Waals surface area (Å²) in [5.41, 5.74) is 1.67. The minimum atomic E-state index is -0.0440. The second-order valence-electron chi connectivity index (χ2n) is 8.31. The second-order valence-corrected chi connectivity index (χ2v) is 8.75. The Kier molecular flexibility index (Phi) is 6.61. The Labute approximate surface area is 182 Å². The molecule has 0 aliphatic carbocycles. The molecule has 4 rings (SSSR count). The lowest BCUT2D eigenvalue weighted by molar-refractivity contribution is -0.133. The molecule has 7 nitrogen and oxygen atoms in total. The largest absolute Gasteiger partial charge is 0.342 e. The molecule has 0 spiro atoms. The number of carbonyl (C=O) groups excluding carboxylic acids is 1. The summed E-state index contributed by atoms with van der Waals surface area (Å²) in [5.74, 6) is 0.259. The summed E-state index contributed by atoms with van der Waals surface area (Å²) >= 11 is 5.97. The van der Waals surface area contributed by atoms with Crippen LogP contribution in [0.2, 0.25) is 5.02 Å². The fraction of sp³-hybridized carbons (Fsp3) is 0.545. The minimum absolute atomic E-state index is 0.0440. The van der Waals surface area contributed by atoms with E-state index in [1.165, 1.54) is 6.42 Å². The van der Waals surface area contributed by atoms with Crippen molar-refractivity contribution < 1.29 is 4.79 Å². The molecule has 0 saturated carbocycles. The van der Waals surface area contributed by atoms with Crippen LogP contribution < -0.4 is 5.69 Å². The third kappa shape index (κ3) is 4.79. The van der Waals surface area contributed by atoms with Gasteiger partial charge in [0.25, 0.3) is 0 Å². The number of piperazine rings is 1. The average Bonchev–Trinajstić information content (AvgIpc) is 3.04. The smallest absolute Gasteiger partial charge is 0.334 e. The van der Waals surface area contributed by atoms with Crippen molar-refractivity contribution in [3.8, 4) is 5.69 Å². The Balaban J connectivity index is 1.33. The van der Waals surface area contributed by atoms with Gasteiger partial charge in [-0.3, -0.25) is 23.7 Å². The molecular formula is C22H30ClN5O2. The van der Waals surface area contributed by atoms with Crippen LogP contribution in [0.15, 0.2) is 35.3 Å². The van der Waals surface area contributed by atoms with Crippen molar-refractivity contribution in [2.24, 2.45) is 0 Å². The fourth-order valence-electron chi connectivity index (χ4n) is 4.36. The third-order valence-electron chi connectivity index (χ3n) is 6.10. The summed E-state index contributed by atoms with van der Waals surface area (Å²) < 4.78 is 3.47. The van der Waals surface area contributed by atoms with Crippen molar-refractivity contribution in [3.05, 3.63) is 51.7 Å². The van der Waals surface area contributed by atoms with E-state index >= 15 is 0 Å². The lowest BCUT2D eigenvalue weighted by Gasteiger charge is -2.36. The predicted octanol–water partition coefficient (Wildman–Crippen LogP) is 2.19. The van der Waals surface area contributed by atoms with Gasteiger partial charge >= 0.3 is 5.69 Å². The van der Waals surface area contributed by atoms with Gasteiger partial charge in [0.1, 0.15) is 0 Å². The van der Waals surface area contributed by atoms with Crippen LogP contribution in [0.1, 0.15) is 25.0 Å². The molecule has 0 unspecified atom stereocenters. The molecule has 1 aromatic carbocycles. The van der Waals surface area contributed by atoms with Crippen LogP contribution in [-0.4, -0.2) is 75.6 Å². The van der Waals surface area contributed by atoms with Gasteiger partial charge in [0, 0.05) is 56.2 Å². The quantitative estimate of drug-likeness (QED) is 0.728. The van der Waals surface area contributed by atoms with Crippen molar-refractivity contribution in [2.75, 3.05) is 45.8 Å². The zero-order valence-corrected chi connectivity index (χ0v) is 18.4. The molecule has 162 valence electrons. The molecule has 2 saturated heterocycles. The number of nitrogens with zero attached hydrogens (tertiary/aromatic N) is 5. The molecule has 30 heavy (non-hydrogen) atoms. The molecule has 2 fully saturated rings. The number of piperidine rings is 1. The van der Waals surface area contributed by atoms with Crippen molar-refractivity contribution in [2.45, 2.75) is 32.9 Å². The molecular weight excluding hydrogens is 402 g/mol. The van der Waals surface area contributed by atoms with Crippen molar-refractivity contribution >= 4 is 17.5 Å². The van der Waals surface area contributed by atoms with Crippen molar-refractivity contribution in [1.82, 2.24) is 23.8 Å². The minimum Gasteiger partial charge on any atom is -0.342 e. The molecule has 0 atom stereocenters. The molecule has 1 amide bonds. The van der Waals surface area contributed by atoms with Crippen LogP contribution in [0.25, 0.3) is 5.69 Å². The van der Waals surface area contributed by atoms with E-state index in [4.69, 9.17) is 11.6 Å². The number of hydrogen-bond donors (Lipinski definition) is 0. The molecule has 0 bridgehead atoms. The SMILES string of the molecule is Cc1cn(CN2CCN(CC(=O)N3CCCCC3)CC2)c(=O)n1-c1ccc(Cl)cc1. The van der Waals surface area contributed by atoms with E-state index in [1.54, 1.807) is 21.3 Å². The number of benzene rings is 1. The molecule has 3 heterocycles. The first-order valence-electron chi connectivity index (χ1n) is 10.8. The van der Waals surface area contributed by atoms with Crippen LogP contribution in [0.4, 0.5) is 0 Å². The number of hydrogen-bond acceptors (Lipinski definition) is 4. The molecule has 1 aromatic heterocycles. The monoisotopic (exact) mass is 431 g/mol. The van der Waals surface area contributed by atoms with Gasteiger partial charge < -0.3 is 4.90 Å². The zero-order chi connectivity index (χ0) is 21.1. The molecule has 2 aliphatic heterocycles. The Morgan fingerprint density at radius 3 is 2.23 bits per heavy atom. The molecule has 8 heteroatoms. The fourth-order valence-corrected chi connectivity index (χ4v) is 4.49. The maximum absolute atomic E-state index is 12.9. The van der Waals surface area contributed by atoms with E-state index in [2.05, 4.69) is 9.80 Å². The number of halogens is 1. The summed E-state index contributed by atoms with van der Waals surface area (Å²) in [7, 11) is 0. The molecule has 2 aromatic rings. The van der Waals surface area contributed by atoms with E-state index in [9.17, 15) is 9.59 Å². The Morgan fingerprint density at radius 1 is 0.933 bits per heavy atom. The van der Waals surface area contributed by atoms with Crippen LogP contribution >= 0.6 is 11.6 Å². The summed E-state index contributed by atoms with van der Waals surface area (Å²) in [6, 6.07) is 7.31. The molecule has 2 aliphatic rings. The predicted molar refractivity (Wildman–Crippen MR) is 118 cm³/mol. The lowest BCUT2D eigenvalue weighted by Crippen LogP contribution is -2.51. The Bertz CT molecular complexity index is 922. The highest BCUT2D eigenvalue weighted by Crippen LogP contribution is 2.14. The van der Waals surface area contributed by atoms with Gasteiger partial charge in [-0.05, 0) is 50.5 Å². The zero-order valence-electron chi connectivity index (χ0n) is 17.6. The van der Waals surface area contributed by atoms with E-state index in [1.807, 2.05) is 30.2 Å². The number of imidazole rings is 1. The van der Waals surface area contributed by atoms with E-state index in [0.717, 1.165) is 63.5 Å². The highest BCUT2D eigenvalue weighted by molar-refractivity contribution is 6.30. The van der Waals surface area contributed by atoms with E-state index in [-0.39, 0.29) is 11.6 Å². The number of rotatable bonds is 5. The van der Waals surface area contributed by atoms with E-state index < -0.39 is 0 Å². The van der Waals surface area contributed by atoms with Gasteiger partial charge in [0.15, 0.2) is 0 Å². The molecule has 0 N–H and O–H groups in total. The number of likely N-dealkylation sites (tertiary alicyclic amines) is 1.